The van der Waals surface area contributed by atoms with Gasteiger partial charge >= 0.3 is 0 Å². The summed E-state index contributed by atoms with van der Waals surface area (Å²) in [7, 11) is 0. The second-order valence-electron chi connectivity index (χ2n) is 7.60. The Kier molecular flexibility index (Phi) is 9.46. The summed E-state index contributed by atoms with van der Waals surface area (Å²) < 4.78 is 11.6. The molecule has 0 spiro atoms. The molecule has 0 saturated heterocycles. The Balaban J connectivity index is 1.41. The largest absolute Gasteiger partial charge is 0.494 e. The lowest BCUT2D eigenvalue weighted by Gasteiger charge is -2.11. The Morgan fingerprint density at radius 3 is 2.16 bits per heavy atom. The van der Waals surface area contributed by atoms with E-state index in [1.807, 2.05) is 54.6 Å². The van der Waals surface area contributed by atoms with Gasteiger partial charge in [0.05, 0.1) is 19.8 Å². The molecule has 0 aromatic heterocycles. The highest BCUT2D eigenvalue weighted by Crippen LogP contribution is 2.19. The molecule has 1 amide bonds. The molecule has 32 heavy (non-hydrogen) atoms. The standard InChI is InChI=1S/C27H32N2O3/c1-2-3-17-31-25-15-7-13-23(19-25)28-21-27(30)29-24-14-8-16-26(20-24)32-18-9-12-22-10-5-4-6-11-22/h4-8,10-11,13-16,19-20,28H,2-3,9,12,17-18,21H2,1H3,(H,29,30). The average molecular weight is 433 g/mol. The molecule has 5 nitrogen and oxygen atoms in total. The summed E-state index contributed by atoms with van der Waals surface area (Å²) in [6.07, 6.45) is 4.04. The van der Waals surface area contributed by atoms with Crippen LogP contribution in [0.3, 0.4) is 0 Å². The smallest absolute Gasteiger partial charge is 0.243 e. The average Bonchev–Trinajstić information content (AvgIpc) is 2.82. The van der Waals surface area contributed by atoms with E-state index in [4.69, 9.17) is 9.47 Å². The quantitative estimate of drug-likeness (QED) is 0.329. The molecule has 0 aliphatic rings. The molecule has 0 heterocycles. The van der Waals surface area contributed by atoms with Crippen LogP contribution in [0, 0.1) is 0 Å². The van der Waals surface area contributed by atoms with Gasteiger partial charge in [-0.1, -0.05) is 55.8 Å². The monoisotopic (exact) mass is 432 g/mol. The van der Waals surface area contributed by atoms with Crippen molar-refractivity contribution in [1.29, 1.82) is 0 Å². The summed E-state index contributed by atoms with van der Waals surface area (Å²) in [4.78, 5) is 12.4. The third-order valence-electron chi connectivity index (χ3n) is 4.89. The fourth-order valence-electron chi connectivity index (χ4n) is 3.19. The van der Waals surface area contributed by atoms with E-state index in [0.717, 1.165) is 42.9 Å². The summed E-state index contributed by atoms with van der Waals surface area (Å²) in [6.45, 7) is 3.63. The molecule has 0 aliphatic heterocycles. The van der Waals surface area contributed by atoms with Gasteiger partial charge in [-0.2, -0.15) is 0 Å². The lowest BCUT2D eigenvalue weighted by Crippen LogP contribution is -2.21. The molecule has 168 valence electrons. The molecule has 3 rings (SSSR count). The van der Waals surface area contributed by atoms with Gasteiger partial charge in [0, 0.05) is 23.5 Å². The zero-order chi connectivity index (χ0) is 22.4. The van der Waals surface area contributed by atoms with Crippen molar-refractivity contribution in [3.8, 4) is 11.5 Å². The van der Waals surface area contributed by atoms with Gasteiger partial charge in [-0.15, -0.1) is 0 Å². The zero-order valence-corrected chi connectivity index (χ0v) is 18.7. The van der Waals surface area contributed by atoms with Crippen LogP contribution < -0.4 is 20.1 Å². The van der Waals surface area contributed by atoms with Crippen LogP contribution in [0.15, 0.2) is 78.9 Å². The minimum atomic E-state index is -0.122. The first-order chi connectivity index (χ1) is 15.7. The molecule has 0 aliphatic carbocycles. The number of rotatable bonds is 13. The molecular formula is C27H32N2O3. The van der Waals surface area contributed by atoms with Crippen LogP contribution in [0.5, 0.6) is 11.5 Å². The van der Waals surface area contributed by atoms with Crippen LogP contribution in [-0.4, -0.2) is 25.7 Å². The highest BCUT2D eigenvalue weighted by Gasteiger charge is 2.05. The second-order valence-corrected chi connectivity index (χ2v) is 7.60. The molecule has 0 unspecified atom stereocenters. The summed E-state index contributed by atoms with van der Waals surface area (Å²) in [6, 6.07) is 25.5. The van der Waals surface area contributed by atoms with E-state index >= 15 is 0 Å². The Morgan fingerprint density at radius 2 is 1.44 bits per heavy atom. The van der Waals surface area contributed by atoms with Crippen LogP contribution >= 0.6 is 0 Å². The second kappa shape index (κ2) is 13.1. The molecule has 5 heteroatoms. The Labute approximate surface area is 190 Å². The van der Waals surface area contributed by atoms with Crippen molar-refractivity contribution in [3.63, 3.8) is 0 Å². The maximum Gasteiger partial charge on any atom is 0.243 e. The number of carbonyl (C=O) groups is 1. The van der Waals surface area contributed by atoms with Crippen molar-refractivity contribution in [2.75, 3.05) is 30.4 Å². The Hall–Kier alpha value is -3.47. The minimum absolute atomic E-state index is 0.122. The highest BCUT2D eigenvalue weighted by molar-refractivity contribution is 5.93. The number of ether oxygens (including phenoxy) is 2. The number of anilines is 2. The first-order valence-electron chi connectivity index (χ1n) is 11.3. The third-order valence-corrected chi connectivity index (χ3v) is 4.89. The number of hydrogen-bond donors (Lipinski definition) is 2. The van der Waals surface area contributed by atoms with Gasteiger partial charge < -0.3 is 20.1 Å². The van der Waals surface area contributed by atoms with Gasteiger partial charge in [0.25, 0.3) is 0 Å². The lowest BCUT2D eigenvalue weighted by atomic mass is 10.1. The minimum Gasteiger partial charge on any atom is -0.494 e. The molecule has 0 saturated carbocycles. The molecule has 0 bridgehead atoms. The van der Waals surface area contributed by atoms with Crippen molar-refractivity contribution in [3.05, 3.63) is 84.4 Å². The van der Waals surface area contributed by atoms with E-state index < -0.39 is 0 Å². The normalized spacial score (nSPS) is 10.4. The van der Waals surface area contributed by atoms with Gasteiger partial charge in [0.1, 0.15) is 11.5 Å². The Morgan fingerprint density at radius 1 is 0.781 bits per heavy atom. The molecule has 3 aromatic carbocycles. The lowest BCUT2D eigenvalue weighted by molar-refractivity contribution is -0.114. The fourth-order valence-corrected chi connectivity index (χ4v) is 3.19. The van der Waals surface area contributed by atoms with Gasteiger partial charge in [-0.05, 0) is 49.1 Å². The summed E-state index contributed by atoms with van der Waals surface area (Å²) >= 11 is 0. The molecule has 3 aromatic rings. The molecule has 0 fully saturated rings. The van der Waals surface area contributed by atoms with E-state index in [9.17, 15) is 4.79 Å². The molecule has 0 atom stereocenters. The predicted octanol–water partition coefficient (Wildman–Crippen LogP) is 5.93. The summed E-state index contributed by atoms with van der Waals surface area (Å²) in [5, 5.41) is 6.06. The first kappa shape index (κ1) is 23.2. The van der Waals surface area contributed by atoms with Crippen LogP contribution in [-0.2, 0) is 11.2 Å². The van der Waals surface area contributed by atoms with Crippen molar-refractivity contribution in [2.24, 2.45) is 0 Å². The first-order valence-corrected chi connectivity index (χ1v) is 11.3. The fraction of sp³-hybridized carbons (Fsp3) is 0.296. The highest BCUT2D eigenvalue weighted by atomic mass is 16.5. The van der Waals surface area contributed by atoms with Crippen LogP contribution in [0.2, 0.25) is 0 Å². The van der Waals surface area contributed by atoms with Gasteiger partial charge in [-0.25, -0.2) is 0 Å². The van der Waals surface area contributed by atoms with E-state index in [1.54, 1.807) is 0 Å². The number of benzene rings is 3. The SMILES string of the molecule is CCCCOc1cccc(NCC(=O)Nc2cccc(OCCCc3ccccc3)c2)c1. The Bertz CT molecular complexity index is 960. The van der Waals surface area contributed by atoms with E-state index in [2.05, 4.69) is 41.8 Å². The van der Waals surface area contributed by atoms with Gasteiger partial charge in [0.2, 0.25) is 5.91 Å². The van der Waals surface area contributed by atoms with Crippen LogP contribution in [0.4, 0.5) is 11.4 Å². The number of aryl methyl sites for hydroxylation is 1. The number of unbranched alkanes of at least 4 members (excludes halogenated alkanes) is 1. The van der Waals surface area contributed by atoms with E-state index in [1.165, 1.54) is 5.56 Å². The maximum atomic E-state index is 12.4. The number of amides is 1. The summed E-state index contributed by atoms with van der Waals surface area (Å²) in [5.74, 6) is 1.44. The number of nitrogens with one attached hydrogen (secondary N) is 2. The third kappa shape index (κ3) is 8.34. The molecule has 2 N–H and O–H groups in total. The zero-order valence-electron chi connectivity index (χ0n) is 18.7. The van der Waals surface area contributed by atoms with Crippen LogP contribution in [0.1, 0.15) is 31.7 Å². The van der Waals surface area contributed by atoms with E-state index in [0.29, 0.717) is 18.9 Å². The van der Waals surface area contributed by atoms with Crippen molar-refractivity contribution < 1.29 is 14.3 Å². The van der Waals surface area contributed by atoms with E-state index in [-0.39, 0.29) is 12.5 Å². The summed E-state index contributed by atoms with van der Waals surface area (Å²) in [5.41, 5.74) is 2.88. The predicted molar refractivity (Wildman–Crippen MR) is 131 cm³/mol. The molecule has 0 radical (unpaired) electrons. The van der Waals surface area contributed by atoms with Gasteiger partial charge in [-0.3, -0.25) is 4.79 Å². The topological polar surface area (TPSA) is 59.6 Å². The maximum absolute atomic E-state index is 12.4. The van der Waals surface area contributed by atoms with Crippen molar-refractivity contribution in [1.82, 2.24) is 0 Å². The van der Waals surface area contributed by atoms with Crippen molar-refractivity contribution in [2.45, 2.75) is 32.6 Å². The molecular weight excluding hydrogens is 400 g/mol. The number of carbonyl (C=O) groups excluding carboxylic acids is 1. The van der Waals surface area contributed by atoms with Crippen LogP contribution in [0.25, 0.3) is 0 Å². The number of hydrogen-bond acceptors (Lipinski definition) is 4. The van der Waals surface area contributed by atoms with Gasteiger partial charge in [0.15, 0.2) is 0 Å². The van der Waals surface area contributed by atoms with Crippen molar-refractivity contribution >= 4 is 17.3 Å².